The second kappa shape index (κ2) is 12.6. The highest BCUT2D eigenvalue weighted by Gasteiger charge is 2.34. The second-order valence-electron chi connectivity index (χ2n) is 11.4. The molecule has 0 spiro atoms. The fourth-order valence-corrected chi connectivity index (χ4v) is 6.30. The monoisotopic (exact) mass is 488 g/mol. The average molecular weight is 489 g/mol. The molecule has 0 radical (unpaired) electrons. The first-order valence-corrected chi connectivity index (χ1v) is 13.9. The maximum Gasteiger partial charge on any atom is 0.163 e. The number of aryl methyl sites for hydroxylation is 1. The summed E-state index contributed by atoms with van der Waals surface area (Å²) in [6.07, 6.45) is 6.07. The molecule has 194 valence electrons. The molecule has 3 rings (SSSR count). The summed E-state index contributed by atoms with van der Waals surface area (Å²) in [5.41, 5.74) is 6.80. The lowest BCUT2D eigenvalue weighted by Crippen LogP contribution is -2.30. The molecule has 3 unspecified atom stereocenters. The fraction of sp³-hybridized carbons (Fsp3) is 0.545. The zero-order valence-electron chi connectivity index (χ0n) is 23.2. The van der Waals surface area contributed by atoms with Crippen LogP contribution in [0.1, 0.15) is 100 Å². The molecule has 0 heterocycles. The van der Waals surface area contributed by atoms with Crippen LogP contribution in [-0.4, -0.2) is 17.3 Å². The van der Waals surface area contributed by atoms with E-state index < -0.39 is 0 Å². The van der Waals surface area contributed by atoms with Crippen LogP contribution >= 0.6 is 0 Å². The molecule has 0 saturated heterocycles. The largest absolute Gasteiger partial charge is 0.300 e. The summed E-state index contributed by atoms with van der Waals surface area (Å²) in [6.45, 7) is 12.2. The van der Waals surface area contributed by atoms with E-state index in [1.165, 1.54) is 23.6 Å². The van der Waals surface area contributed by atoms with E-state index in [2.05, 4.69) is 64.1 Å². The summed E-state index contributed by atoms with van der Waals surface area (Å²) in [4.78, 5) is 38.0. The van der Waals surface area contributed by atoms with Crippen LogP contribution in [0.5, 0.6) is 0 Å². The minimum Gasteiger partial charge on any atom is -0.300 e. The minimum atomic E-state index is -0.101. The molecule has 2 aromatic carbocycles. The molecule has 0 fully saturated rings. The molecular formula is C33H44O3. The van der Waals surface area contributed by atoms with Crippen molar-refractivity contribution in [3.05, 3.63) is 58.7 Å². The number of hydrogen-bond donors (Lipinski definition) is 0. The summed E-state index contributed by atoms with van der Waals surface area (Å²) in [6, 6.07) is 13.1. The van der Waals surface area contributed by atoms with Crippen LogP contribution in [0.3, 0.4) is 0 Å². The standard InChI is InChI=1S/C33H44O3/c1-7-9-27(28(8-2)31(35)17-23(6)34)18-25-19-30-29(15-10-22(5)33(30)32(36)20-25)26-13-11-24(12-14-26)16-21(3)4/h10-15,21,25,27-28H,7-9,16-20H2,1-6H3. The van der Waals surface area contributed by atoms with Gasteiger partial charge >= 0.3 is 0 Å². The van der Waals surface area contributed by atoms with E-state index in [1.807, 2.05) is 6.92 Å². The first-order chi connectivity index (χ1) is 17.1. The molecule has 0 N–H and O–H groups in total. The smallest absolute Gasteiger partial charge is 0.163 e. The van der Waals surface area contributed by atoms with Crippen LogP contribution in [0.15, 0.2) is 36.4 Å². The molecule has 1 aliphatic rings. The number of benzene rings is 2. The van der Waals surface area contributed by atoms with E-state index in [9.17, 15) is 14.4 Å². The van der Waals surface area contributed by atoms with Gasteiger partial charge < -0.3 is 0 Å². The van der Waals surface area contributed by atoms with Crippen molar-refractivity contribution in [2.24, 2.45) is 23.7 Å². The van der Waals surface area contributed by atoms with Crippen LogP contribution in [0.25, 0.3) is 11.1 Å². The van der Waals surface area contributed by atoms with Crippen molar-refractivity contribution in [2.45, 2.75) is 92.9 Å². The molecule has 36 heavy (non-hydrogen) atoms. The number of rotatable bonds is 12. The van der Waals surface area contributed by atoms with Gasteiger partial charge in [-0.2, -0.15) is 0 Å². The summed E-state index contributed by atoms with van der Waals surface area (Å²) in [7, 11) is 0. The van der Waals surface area contributed by atoms with Gasteiger partial charge in [0.25, 0.3) is 0 Å². The normalized spacial score (nSPS) is 17.1. The zero-order chi connectivity index (χ0) is 26.4. The minimum absolute atomic E-state index is 0.0291. The molecule has 0 aliphatic heterocycles. The average Bonchev–Trinajstić information content (AvgIpc) is 2.79. The molecule has 1 aliphatic carbocycles. The zero-order valence-corrected chi connectivity index (χ0v) is 23.2. The molecule has 0 amide bonds. The Bertz CT molecular complexity index is 1080. The van der Waals surface area contributed by atoms with Gasteiger partial charge in [-0.15, -0.1) is 0 Å². The Balaban J connectivity index is 1.90. The molecular weight excluding hydrogens is 444 g/mol. The van der Waals surface area contributed by atoms with E-state index in [-0.39, 0.29) is 41.5 Å². The molecule has 3 nitrogen and oxygen atoms in total. The van der Waals surface area contributed by atoms with Gasteiger partial charge in [0.2, 0.25) is 0 Å². The Kier molecular flexibility index (Phi) is 9.82. The van der Waals surface area contributed by atoms with Gasteiger partial charge in [-0.1, -0.05) is 76.9 Å². The van der Waals surface area contributed by atoms with Gasteiger partial charge in [-0.3, -0.25) is 14.4 Å². The van der Waals surface area contributed by atoms with Crippen molar-refractivity contribution >= 4 is 17.3 Å². The maximum absolute atomic E-state index is 13.4. The third-order valence-electron chi connectivity index (χ3n) is 7.82. The summed E-state index contributed by atoms with van der Waals surface area (Å²) in [5, 5.41) is 0. The molecule has 0 saturated carbocycles. The molecule has 0 bridgehead atoms. The van der Waals surface area contributed by atoms with Crippen LogP contribution in [0.2, 0.25) is 0 Å². The molecule has 3 atom stereocenters. The van der Waals surface area contributed by atoms with Gasteiger partial charge in [0.05, 0.1) is 6.42 Å². The number of hydrogen-bond acceptors (Lipinski definition) is 3. The number of Topliss-reactive ketones (excluding diaryl/α,β-unsaturated/α-hetero) is 3. The van der Waals surface area contributed by atoms with E-state index in [0.29, 0.717) is 12.3 Å². The summed E-state index contributed by atoms with van der Waals surface area (Å²) in [5.74, 6) is 1.20. The topological polar surface area (TPSA) is 51.2 Å². The van der Waals surface area contributed by atoms with Crippen LogP contribution in [-0.2, 0) is 22.4 Å². The van der Waals surface area contributed by atoms with Gasteiger partial charge in [-0.25, -0.2) is 0 Å². The Hall–Kier alpha value is -2.55. The summed E-state index contributed by atoms with van der Waals surface area (Å²) < 4.78 is 0. The molecule has 3 heteroatoms. The highest BCUT2D eigenvalue weighted by Crippen LogP contribution is 2.40. The number of ketones is 3. The Morgan fingerprint density at radius 2 is 1.69 bits per heavy atom. The number of carbonyl (C=O) groups is 3. The lowest BCUT2D eigenvalue weighted by Gasteiger charge is -2.32. The predicted molar refractivity (Wildman–Crippen MR) is 148 cm³/mol. The summed E-state index contributed by atoms with van der Waals surface area (Å²) >= 11 is 0. The van der Waals surface area contributed by atoms with Gasteiger partial charge in [0.15, 0.2) is 5.78 Å². The van der Waals surface area contributed by atoms with Crippen molar-refractivity contribution in [3.63, 3.8) is 0 Å². The fourth-order valence-electron chi connectivity index (χ4n) is 6.30. The van der Waals surface area contributed by atoms with Gasteiger partial charge in [0, 0.05) is 17.9 Å². The molecule has 0 aromatic heterocycles. The van der Waals surface area contributed by atoms with Gasteiger partial charge in [-0.05, 0) is 85.1 Å². The second-order valence-corrected chi connectivity index (χ2v) is 11.4. The van der Waals surface area contributed by atoms with Crippen molar-refractivity contribution in [1.82, 2.24) is 0 Å². The third kappa shape index (κ3) is 6.81. The maximum atomic E-state index is 13.4. The van der Waals surface area contributed by atoms with Crippen molar-refractivity contribution in [3.8, 4) is 11.1 Å². The van der Waals surface area contributed by atoms with E-state index >= 15 is 0 Å². The first-order valence-electron chi connectivity index (χ1n) is 13.9. The first kappa shape index (κ1) is 28.0. The lowest BCUT2D eigenvalue weighted by atomic mass is 9.71. The Morgan fingerprint density at radius 3 is 2.28 bits per heavy atom. The number of fused-ring (bicyclic) bond motifs is 1. The quantitative estimate of drug-likeness (QED) is 0.285. The van der Waals surface area contributed by atoms with Crippen LogP contribution in [0, 0.1) is 30.6 Å². The van der Waals surface area contributed by atoms with E-state index in [0.717, 1.165) is 55.2 Å². The SMILES string of the molecule is CCCC(CC1CC(=O)c2c(C)ccc(-c3ccc(CC(C)C)cc3)c2C1)C(CC)C(=O)CC(C)=O. The van der Waals surface area contributed by atoms with E-state index in [1.54, 1.807) is 0 Å². The number of carbonyl (C=O) groups excluding carboxylic acids is 3. The van der Waals surface area contributed by atoms with Crippen molar-refractivity contribution < 1.29 is 14.4 Å². The lowest BCUT2D eigenvalue weighted by molar-refractivity contribution is -0.129. The third-order valence-corrected chi connectivity index (χ3v) is 7.82. The van der Waals surface area contributed by atoms with Crippen LogP contribution in [0.4, 0.5) is 0 Å². The van der Waals surface area contributed by atoms with Crippen molar-refractivity contribution in [2.75, 3.05) is 0 Å². The van der Waals surface area contributed by atoms with Crippen LogP contribution < -0.4 is 0 Å². The van der Waals surface area contributed by atoms with Gasteiger partial charge in [0.1, 0.15) is 11.6 Å². The Morgan fingerprint density at radius 1 is 1.00 bits per heavy atom. The predicted octanol–water partition coefficient (Wildman–Crippen LogP) is 7.99. The van der Waals surface area contributed by atoms with Crippen molar-refractivity contribution in [1.29, 1.82) is 0 Å². The molecule has 2 aromatic rings. The Labute approximate surface area is 218 Å². The highest BCUT2D eigenvalue weighted by atomic mass is 16.1. The van der Waals surface area contributed by atoms with E-state index in [4.69, 9.17) is 0 Å². The highest BCUT2D eigenvalue weighted by molar-refractivity contribution is 6.02.